The maximum Gasteiger partial charge on any atom is 0.134 e. The van der Waals surface area contributed by atoms with Crippen LogP contribution < -0.4 is 5.32 Å². The summed E-state index contributed by atoms with van der Waals surface area (Å²) in [7, 11) is 0. The molecular weight excluding hydrogens is 188 g/mol. The minimum atomic E-state index is 0.510. The van der Waals surface area contributed by atoms with Crippen molar-refractivity contribution in [2.75, 3.05) is 13.1 Å². The first-order valence-electron chi connectivity index (χ1n) is 5.44. The van der Waals surface area contributed by atoms with Crippen molar-refractivity contribution < 1.29 is 0 Å². The van der Waals surface area contributed by atoms with Gasteiger partial charge in [0.25, 0.3) is 0 Å². The Morgan fingerprint density at radius 2 is 2.47 bits per heavy atom. The van der Waals surface area contributed by atoms with Crippen molar-refractivity contribution in [3.63, 3.8) is 0 Å². The largest absolute Gasteiger partial charge is 0.316 e. The first-order valence-corrected chi connectivity index (χ1v) is 5.44. The zero-order chi connectivity index (χ0) is 10.1. The zero-order valence-electron chi connectivity index (χ0n) is 8.56. The second-order valence-corrected chi connectivity index (χ2v) is 4.02. The molecule has 1 aliphatic heterocycles. The van der Waals surface area contributed by atoms with E-state index in [1.54, 1.807) is 0 Å². The molecule has 1 fully saturated rings. The summed E-state index contributed by atoms with van der Waals surface area (Å²) in [6.45, 7) is 2.16. The fraction of sp³-hybridized carbons (Fsp3) is 0.455. The predicted molar refractivity (Wildman–Crippen MR) is 57.8 cm³/mol. The molecule has 2 aromatic rings. The summed E-state index contributed by atoms with van der Waals surface area (Å²) in [5, 5.41) is 7.75. The van der Waals surface area contributed by atoms with E-state index in [4.69, 9.17) is 0 Å². The van der Waals surface area contributed by atoms with E-state index in [2.05, 4.69) is 15.4 Å². The maximum atomic E-state index is 4.48. The Morgan fingerprint density at radius 3 is 3.33 bits per heavy atom. The summed E-state index contributed by atoms with van der Waals surface area (Å²) in [4.78, 5) is 4.48. The number of hydrogen-bond acceptors (Lipinski definition) is 3. The molecule has 4 heteroatoms. The van der Waals surface area contributed by atoms with E-state index in [1.807, 2.05) is 29.0 Å². The van der Waals surface area contributed by atoms with Crippen LogP contribution >= 0.6 is 0 Å². The van der Waals surface area contributed by atoms with Crippen molar-refractivity contribution in [1.82, 2.24) is 19.9 Å². The smallest absolute Gasteiger partial charge is 0.134 e. The van der Waals surface area contributed by atoms with Crippen LogP contribution in [0.4, 0.5) is 0 Å². The lowest BCUT2D eigenvalue weighted by atomic mass is 9.99. The van der Waals surface area contributed by atoms with Gasteiger partial charge in [-0.25, -0.2) is 9.50 Å². The molecule has 4 nitrogen and oxygen atoms in total. The van der Waals surface area contributed by atoms with Gasteiger partial charge in [0.1, 0.15) is 5.82 Å². The molecule has 2 aromatic heterocycles. The van der Waals surface area contributed by atoms with Crippen LogP contribution in [0.5, 0.6) is 0 Å². The van der Waals surface area contributed by atoms with Crippen molar-refractivity contribution in [2.45, 2.75) is 18.8 Å². The highest BCUT2D eigenvalue weighted by molar-refractivity contribution is 5.44. The van der Waals surface area contributed by atoms with E-state index < -0.39 is 0 Å². The third-order valence-corrected chi connectivity index (χ3v) is 2.99. The van der Waals surface area contributed by atoms with Crippen LogP contribution in [0.2, 0.25) is 0 Å². The molecule has 0 amide bonds. The molecule has 1 unspecified atom stereocenters. The minimum absolute atomic E-state index is 0.510. The summed E-state index contributed by atoms with van der Waals surface area (Å²) in [5.74, 6) is 1.61. The molecule has 0 aliphatic carbocycles. The van der Waals surface area contributed by atoms with Crippen LogP contribution in [0.3, 0.4) is 0 Å². The molecule has 1 atom stereocenters. The molecule has 0 saturated carbocycles. The van der Waals surface area contributed by atoms with E-state index in [9.17, 15) is 0 Å². The fourth-order valence-corrected chi connectivity index (χ4v) is 2.21. The molecule has 78 valence electrons. The van der Waals surface area contributed by atoms with Crippen molar-refractivity contribution in [3.05, 3.63) is 30.4 Å². The van der Waals surface area contributed by atoms with Crippen LogP contribution in [0, 0.1) is 0 Å². The number of nitrogens with zero attached hydrogens (tertiary/aromatic N) is 3. The number of rotatable bonds is 1. The van der Waals surface area contributed by atoms with E-state index in [1.165, 1.54) is 12.8 Å². The molecule has 0 aromatic carbocycles. The van der Waals surface area contributed by atoms with E-state index in [0.717, 1.165) is 24.4 Å². The first-order chi connectivity index (χ1) is 7.45. The highest BCUT2D eigenvalue weighted by Crippen LogP contribution is 2.22. The third kappa shape index (κ3) is 1.51. The SMILES string of the molecule is c1cnn2c(C3CCCNC3)ncc2c1. The van der Waals surface area contributed by atoms with Gasteiger partial charge in [-0.2, -0.15) is 5.10 Å². The van der Waals surface area contributed by atoms with Crippen molar-refractivity contribution in [2.24, 2.45) is 0 Å². The number of aromatic nitrogens is 3. The van der Waals surface area contributed by atoms with Gasteiger partial charge in [-0.1, -0.05) is 0 Å². The van der Waals surface area contributed by atoms with E-state index >= 15 is 0 Å². The second kappa shape index (κ2) is 3.62. The molecule has 3 heterocycles. The lowest BCUT2D eigenvalue weighted by molar-refractivity contribution is 0.442. The number of nitrogens with one attached hydrogen (secondary N) is 1. The van der Waals surface area contributed by atoms with Gasteiger partial charge in [0.05, 0.1) is 11.7 Å². The number of imidazole rings is 1. The molecular formula is C11H14N4. The van der Waals surface area contributed by atoms with Gasteiger partial charge in [0.2, 0.25) is 0 Å². The van der Waals surface area contributed by atoms with Crippen molar-refractivity contribution in [1.29, 1.82) is 0 Å². The van der Waals surface area contributed by atoms with Gasteiger partial charge >= 0.3 is 0 Å². The Kier molecular flexibility index (Phi) is 2.14. The number of piperidine rings is 1. The standard InChI is InChI=1S/C11H14N4/c1-3-9(7-12-5-1)11-13-8-10-4-2-6-14-15(10)11/h2,4,6,8-9,12H,1,3,5,7H2. The Labute approximate surface area is 88.3 Å². The topological polar surface area (TPSA) is 42.2 Å². The van der Waals surface area contributed by atoms with Crippen LogP contribution in [0.1, 0.15) is 24.6 Å². The molecule has 15 heavy (non-hydrogen) atoms. The van der Waals surface area contributed by atoms with Crippen LogP contribution in [-0.4, -0.2) is 27.7 Å². The quantitative estimate of drug-likeness (QED) is 0.755. The summed E-state index contributed by atoms with van der Waals surface area (Å²) < 4.78 is 1.96. The van der Waals surface area contributed by atoms with Gasteiger partial charge in [-0.15, -0.1) is 0 Å². The lowest BCUT2D eigenvalue weighted by Crippen LogP contribution is -2.29. The van der Waals surface area contributed by atoms with Gasteiger partial charge in [0.15, 0.2) is 0 Å². The molecule has 0 bridgehead atoms. The average Bonchev–Trinajstić information content (AvgIpc) is 2.74. The van der Waals surface area contributed by atoms with E-state index in [0.29, 0.717) is 5.92 Å². The fourth-order valence-electron chi connectivity index (χ4n) is 2.21. The Bertz CT molecular complexity index is 456. The molecule has 1 aliphatic rings. The van der Waals surface area contributed by atoms with Crippen molar-refractivity contribution >= 4 is 5.52 Å². The normalized spacial score (nSPS) is 22.0. The zero-order valence-corrected chi connectivity index (χ0v) is 8.56. The van der Waals surface area contributed by atoms with Gasteiger partial charge in [0, 0.05) is 18.7 Å². The van der Waals surface area contributed by atoms with Gasteiger partial charge in [-0.3, -0.25) is 0 Å². The maximum absolute atomic E-state index is 4.48. The minimum Gasteiger partial charge on any atom is -0.316 e. The molecule has 3 rings (SSSR count). The highest BCUT2D eigenvalue weighted by atomic mass is 15.3. The Balaban J connectivity index is 2.02. The van der Waals surface area contributed by atoms with Crippen LogP contribution in [-0.2, 0) is 0 Å². The molecule has 0 spiro atoms. The van der Waals surface area contributed by atoms with E-state index in [-0.39, 0.29) is 0 Å². The summed E-state index contributed by atoms with van der Waals surface area (Å²) >= 11 is 0. The van der Waals surface area contributed by atoms with Crippen LogP contribution in [0.25, 0.3) is 5.52 Å². The number of hydrogen-bond donors (Lipinski definition) is 1. The average molecular weight is 202 g/mol. The number of fused-ring (bicyclic) bond motifs is 1. The highest BCUT2D eigenvalue weighted by Gasteiger charge is 2.19. The van der Waals surface area contributed by atoms with Gasteiger partial charge in [-0.05, 0) is 31.5 Å². The summed E-state index contributed by atoms with van der Waals surface area (Å²) in [5.41, 5.74) is 1.08. The predicted octanol–water partition coefficient (Wildman–Crippen LogP) is 1.20. The first kappa shape index (κ1) is 8.85. The second-order valence-electron chi connectivity index (χ2n) is 4.02. The van der Waals surface area contributed by atoms with Gasteiger partial charge < -0.3 is 5.32 Å². The van der Waals surface area contributed by atoms with Crippen molar-refractivity contribution in [3.8, 4) is 0 Å². The molecule has 1 N–H and O–H groups in total. The Morgan fingerprint density at radius 1 is 1.47 bits per heavy atom. The third-order valence-electron chi connectivity index (χ3n) is 2.99. The monoisotopic (exact) mass is 202 g/mol. The summed E-state index contributed by atoms with van der Waals surface area (Å²) in [6.07, 6.45) is 6.15. The Hall–Kier alpha value is -1.42. The molecule has 1 saturated heterocycles. The molecule has 0 radical (unpaired) electrons. The lowest BCUT2D eigenvalue weighted by Gasteiger charge is -2.21. The summed E-state index contributed by atoms with van der Waals surface area (Å²) in [6, 6.07) is 3.99. The van der Waals surface area contributed by atoms with Crippen LogP contribution in [0.15, 0.2) is 24.5 Å².